The number of amides is 1. The number of nitrogens with zero attached hydrogens (tertiary/aromatic N) is 5. The van der Waals surface area contributed by atoms with Crippen molar-refractivity contribution in [3.8, 4) is 6.07 Å². The van der Waals surface area contributed by atoms with Gasteiger partial charge in [0.25, 0.3) is 5.91 Å². The summed E-state index contributed by atoms with van der Waals surface area (Å²) < 4.78 is 130. The maximum atomic E-state index is 14.2. The van der Waals surface area contributed by atoms with Crippen molar-refractivity contribution in [2.24, 2.45) is 5.41 Å². The van der Waals surface area contributed by atoms with Crippen LogP contribution in [0.3, 0.4) is 0 Å². The van der Waals surface area contributed by atoms with Crippen molar-refractivity contribution in [3.63, 3.8) is 0 Å². The Labute approximate surface area is 336 Å². The molecule has 1 aliphatic heterocycles. The minimum absolute atomic E-state index is 0.141. The minimum atomic E-state index is -6.38. The summed E-state index contributed by atoms with van der Waals surface area (Å²) in [5, 5.41) is 15.8. The summed E-state index contributed by atoms with van der Waals surface area (Å²) in [7, 11) is 1.20. The molecule has 0 saturated heterocycles. The SMILES string of the molecule is CN1CC(c2ccc(Cl)c(C(=O)N(COC(=O)OCC(C)(C)COC(=O)CCC(=O)OC(C)(C)C)C3(C#N)CC3)c2)=CN1c1n[nH]c(C(F)(F)C(F)(F)F)c1C(F)(F)F. The van der Waals surface area contributed by atoms with Crippen molar-refractivity contribution < 1.29 is 73.2 Å². The van der Waals surface area contributed by atoms with E-state index in [1.807, 2.05) is 6.07 Å². The first-order chi connectivity index (χ1) is 27.0. The first-order valence-corrected chi connectivity index (χ1v) is 17.9. The quantitative estimate of drug-likeness (QED) is 0.0850. The molecule has 1 N–H and O–H groups in total. The zero-order valence-electron chi connectivity index (χ0n) is 32.4. The van der Waals surface area contributed by atoms with Gasteiger partial charge >= 0.3 is 36.4 Å². The number of carbonyl (C=O) groups is 4. The number of anilines is 1. The van der Waals surface area contributed by atoms with E-state index in [-0.39, 0.29) is 67.2 Å². The molecule has 1 aromatic carbocycles. The molecule has 0 atom stereocenters. The van der Waals surface area contributed by atoms with Crippen LogP contribution in [0.25, 0.3) is 5.57 Å². The van der Waals surface area contributed by atoms with E-state index in [4.69, 9.17) is 30.5 Å². The fourth-order valence-corrected chi connectivity index (χ4v) is 5.70. The van der Waals surface area contributed by atoms with Crippen LogP contribution in [0.1, 0.15) is 87.5 Å². The maximum Gasteiger partial charge on any atom is 0.510 e. The van der Waals surface area contributed by atoms with Gasteiger partial charge < -0.3 is 18.9 Å². The van der Waals surface area contributed by atoms with E-state index in [1.165, 1.54) is 30.3 Å². The number of hydrogen-bond acceptors (Lipinski definition) is 12. The van der Waals surface area contributed by atoms with Crippen LogP contribution in [-0.4, -0.2) is 95.0 Å². The molecule has 1 aliphatic carbocycles. The van der Waals surface area contributed by atoms with Crippen molar-refractivity contribution in [2.75, 3.05) is 38.5 Å². The van der Waals surface area contributed by atoms with Gasteiger partial charge in [0.15, 0.2) is 12.5 Å². The third kappa shape index (κ3) is 11.1. The molecule has 0 unspecified atom stereocenters. The largest absolute Gasteiger partial charge is 0.510 e. The third-order valence-electron chi connectivity index (χ3n) is 8.69. The average Bonchev–Trinajstić information content (AvgIpc) is 3.59. The summed E-state index contributed by atoms with van der Waals surface area (Å²) in [5.74, 6) is -9.43. The van der Waals surface area contributed by atoms with E-state index < -0.39 is 82.6 Å². The molecule has 2 aliphatic rings. The van der Waals surface area contributed by atoms with E-state index in [0.717, 1.165) is 16.1 Å². The van der Waals surface area contributed by atoms with Crippen LogP contribution < -0.4 is 5.01 Å². The van der Waals surface area contributed by atoms with Crippen molar-refractivity contribution >= 4 is 47.0 Å². The molecule has 324 valence electrons. The second kappa shape index (κ2) is 16.8. The lowest BCUT2D eigenvalue weighted by Crippen LogP contribution is -2.43. The second-order valence-electron chi connectivity index (χ2n) is 15.5. The zero-order valence-corrected chi connectivity index (χ0v) is 33.1. The summed E-state index contributed by atoms with van der Waals surface area (Å²) >= 11 is 6.37. The van der Waals surface area contributed by atoms with Gasteiger partial charge in [-0.3, -0.25) is 29.4 Å². The Morgan fingerprint density at radius 3 is 2.12 bits per heavy atom. The van der Waals surface area contributed by atoms with Gasteiger partial charge in [0.2, 0.25) is 0 Å². The van der Waals surface area contributed by atoms with Crippen LogP contribution >= 0.6 is 11.6 Å². The number of aromatic nitrogens is 2. The Hall–Kier alpha value is -5.17. The minimum Gasteiger partial charge on any atom is -0.465 e. The number of halogens is 9. The standard InChI is InChI=1S/C36H39ClF8N6O8/c1-31(2,3)59-25(53)10-9-24(52)56-17-32(4,5)18-57-30(55)58-19-50(33(16-46)11-12-33)29(54)22-13-20(7-8-23(22)37)21-14-49(6)51(15-21)28-26(35(40,41)42)27(47-48-28)34(38,39)36(43,44)45/h7-8,13,15H,9-12,14,17-19H2,1-6H3,(H,47,48). The van der Waals surface area contributed by atoms with E-state index in [0.29, 0.717) is 5.01 Å². The van der Waals surface area contributed by atoms with Crippen LogP contribution in [0.4, 0.5) is 45.7 Å². The average molecular weight is 871 g/mol. The molecule has 23 heteroatoms. The van der Waals surface area contributed by atoms with Crippen molar-refractivity contribution in [1.82, 2.24) is 20.1 Å². The lowest BCUT2D eigenvalue weighted by atomic mass is 9.96. The van der Waals surface area contributed by atoms with E-state index in [1.54, 1.807) is 34.6 Å². The van der Waals surface area contributed by atoms with Crippen molar-refractivity contribution in [1.29, 1.82) is 5.26 Å². The lowest BCUT2D eigenvalue weighted by molar-refractivity contribution is -0.292. The van der Waals surface area contributed by atoms with Crippen LogP contribution in [0.15, 0.2) is 24.4 Å². The Morgan fingerprint density at radius 1 is 0.949 bits per heavy atom. The lowest BCUT2D eigenvalue weighted by Gasteiger charge is -2.28. The summed E-state index contributed by atoms with van der Waals surface area (Å²) in [4.78, 5) is 51.5. The maximum absolute atomic E-state index is 14.2. The first kappa shape index (κ1) is 46.5. The Kier molecular flexibility index (Phi) is 13.3. The number of nitrogens with one attached hydrogen (secondary N) is 1. The molecule has 2 aromatic rings. The summed E-state index contributed by atoms with van der Waals surface area (Å²) in [6, 6.07) is 5.81. The van der Waals surface area contributed by atoms with Gasteiger partial charge in [0.1, 0.15) is 29.0 Å². The van der Waals surface area contributed by atoms with Crippen LogP contribution in [-0.2, 0) is 40.6 Å². The molecule has 0 radical (unpaired) electrons. The predicted molar refractivity (Wildman–Crippen MR) is 189 cm³/mol. The Bertz CT molecular complexity index is 2020. The zero-order chi connectivity index (χ0) is 44.5. The van der Waals surface area contributed by atoms with Gasteiger partial charge in [0, 0.05) is 25.2 Å². The number of likely N-dealkylation sites (N-methyl/N-ethyl adjacent to an activating group) is 1. The van der Waals surface area contributed by atoms with E-state index >= 15 is 0 Å². The molecule has 59 heavy (non-hydrogen) atoms. The third-order valence-corrected chi connectivity index (χ3v) is 9.02. The molecular weight excluding hydrogens is 832 g/mol. The summed E-state index contributed by atoms with van der Waals surface area (Å²) in [5.41, 5.74) is -7.90. The van der Waals surface area contributed by atoms with E-state index in [9.17, 15) is 59.6 Å². The number of ether oxygens (including phenoxy) is 4. The normalized spacial score (nSPS) is 15.9. The molecule has 0 spiro atoms. The fraction of sp³-hybridized carbons (Fsp3) is 0.556. The number of nitriles is 1. The number of H-pyrrole nitrogens is 1. The smallest absolute Gasteiger partial charge is 0.465 e. The highest BCUT2D eigenvalue weighted by Crippen LogP contribution is 2.50. The monoisotopic (exact) mass is 870 g/mol. The number of rotatable bonds is 14. The number of alkyl halides is 8. The Morgan fingerprint density at radius 2 is 1.56 bits per heavy atom. The van der Waals surface area contributed by atoms with Gasteiger partial charge in [-0.2, -0.15) is 45.5 Å². The Balaban J connectivity index is 1.46. The highest BCUT2D eigenvalue weighted by Gasteiger charge is 2.63. The summed E-state index contributed by atoms with van der Waals surface area (Å²) in [6.45, 7) is 6.65. The molecule has 2 heterocycles. The van der Waals surface area contributed by atoms with E-state index in [2.05, 4.69) is 5.10 Å². The van der Waals surface area contributed by atoms with Gasteiger partial charge in [0.05, 0.1) is 36.1 Å². The number of aromatic amines is 1. The van der Waals surface area contributed by atoms with Gasteiger partial charge in [-0.25, -0.2) is 9.80 Å². The van der Waals surface area contributed by atoms with Gasteiger partial charge in [-0.15, -0.1) is 0 Å². The number of carbonyl (C=O) groups excluding carboxylic acids is 4. The fourth-order valence-electron chi connectivity index (χ4n) is 5.50. The number of benzene rings is 1. The highest BCUT2D eigenvalue weighted by molar-refractivity contribution is 6.34. The van der Waals surface area contributed by atoms with Crippen LogP contribution in [0.2, 0.25) is 5.02 Å². The molecule has 4 rings (SSSR count). The molecule has 1 aromatic heterocycles. The molecule has 1 fully saturated rings. The second-order valence-corrected chi connectivity index (χ2v) is 15.9. The molecular formula is C36H39ClF8N6O8. The van der Waals surface area contributed by atoms with Crippen molar-refractivity contribution in [2.45, 2.75) is 89.7 Å². The molecule has 0 bridgehead atoms. The summed E-state index contributed by atoms with van der Waals surface area (Å²) in [6.07, 6.45) is -12.4. The van der Waals surface area contributed by atoms with Crippen LogP contribution in [0, 0.1) is 16.7 Å². The highest BCUT2D eigenvalue weighted by atomic mass is 35.5. The topological polar surface area (TPSA) is 167 Å². The first-order valence-electron chi connectivity index (χ1n) is 17.5. The van der Waals surface area contributed by atoms with Gasteiger partial charge in [-0.05, 0) is 56.9 Å². The van der Waals surface area contributed by atoms with Gasteiger partial charge in [-0.1, -0.05) is 31.5 Å². The number of esters is 2. The van der Waals surface area contributed by atoms with Crippen LogP contribution in [0.5, 0.6) is 0 Å². The number of hydrogen-bond donors (Lipinski definition) is 1. The molecule has 1 saturated carbocycles. The predicted octanol–water partition coefficient (Wildman–Crippen LogP) is 7.74. The molecule has 14 nitrogen and oxygen atoms in total. The number of hydrazine groups is 1. The molecule has 1 amide bonds. The van der Waals surface area contributed by atoms with Crippen molar-refractivity contribution in [3.05, 3.63) is 51.8 Å².